The molecule has 9 heteroatoms. The van der Waals surface area contributed by atoms with Gasteiger partial charge in [0.2, 0.25) is 10.0 Å². The molecule has 0 aliphatic carbocycles. The summed E-state index contributed by atoms with van der Waals surface area (Å²) < 4.78 is 37.3. The minimum atomic E-state index is -3.61. The average molecular weight is 462 g/mol. The zero-order chi connectivity index (χ0) is 23.0. The van der Waals surface area contributed by atoms with Crippen LogP contribution in [0.4, 0.5) is 0 Å². The molecule has 1 N–H and O–H groups in total. The molecule has 1 aliphatic heterocycles. The first-order valence-electron chi connectivity index (χ1n) is 10.7. The van der Waals surface area contributed by atoms with Gasteiger partial charge < -0.3 is 14.4 Å². The van der Waals surface area contributed by atoms with Gasteiger partial charge in [-0.25, -0.2) is 13.1 Å². The summed E-state index contributed by atoms with van der Waals surface area (Å²) in [5.41, 5.74) is 1.70. The van der Waals surface area contributed by atoms with Crippen molar-refractivity contribution in [3.8, 4) is 5.75 Å². The number of methoxy groups -OCH3 is 1. The van der Waals surface area contributed by atoms with E-state index in [2.05, 4.69) is 21.8 Å². The zero-order valence-electron chi connectivity index (χ0n) is 18.6. The Morgan fingerprint density at radius 3 is 2.25 bits per heavy atom. The molecule has 3 rings (SSSR count). The Bertz CT molecular complexity index is 970. The summed E-state index contributed by atoms with van der Waals surface area (Å²) in [6, 6.07) is 14.2. The molecule has 0 radical (unpaired) electrons. The molecule has 0 atom stereocenters. The van der Waals surface area contributed by atoms with Gasteiger partial charge in [0.25, 0.3) is 5.91 Å². The van der Waals surface area contributed by atoms with Gasteiger partial charge >= 0.3 is 0 Å². The third-order valence-corrected chi connectivity index (χ3v) is 6.79. The van der Waals surface area contributed by atoms with Crippen LogP contribution in [0.3, 0.4) is 0 Å². The smallest absolute Gasteiger partial charge is 0.253 e. The minimum Gasteiger partial charge on any atom is -0.494 e. The first-order chi connectivity index (χ1) is 15.4. The molecule has 1 fully saturated rings. The number of rotatable bonds is 10. The lowest BCUT2D eigenvalue weighted by atomic mass is 10.1. The number of hydrogen-bond acceptors (Lipinski definition) is 6. The van der Waals surface area contributed by atoms with Crippen LogP contribution in [0.1, 0.15) is 22.8 Å². The van der Waals surface area contributed by atoms with Crippen molar-refractivity contribution in [2.24, 2.45) is 0 Å². The lowest BCUT2D eigenvalue weighted by Gasteiger charge is -2.34. The van der Waals surface area contributed by atoms with Gasteiger partial charge in [0, 0.05) is 51.9 Å². The van der Waals surface area contributed by atoms with E-state index in [1.807, 2.05) is 24.0 Å². The van der Waals surface area contributed by atoms with Crippen LogP contribution in [0, 0.1) is 0 Å². The summed E-state index contributed by atoms with van der Waals surface area (Å²) in [7, 11) is -2.10. The van der Waals surface area contributed by atoms with Crippen LogP contribution in [0.15, 0.2) is 53.4 Å². The lowest BCUT2D eigenvalue weighted by Crippen LogP contribution is -2.48. The molecule has 1 saturated heterocycles. The van der Waals surface area contributed by atoms with Crippen molar-refractivity contribution in [3.05, 3.63) is 59.7 Å². The van der Waals surface area contributed by atoms with Crippen molar-refractivity contribution in [1.29, 1.82) is 0 Å². The van der Waals surface area contributed by atoms with Gasteiger partial charge in [-0.1, -0.05) is 12.1 Å². The number of nitrogens with one attached hydrogen (secondary N) is 1. The molecule has 32 heavy (non-hydrogen) atoms. The van der Waals surface area contributed by atoms with E-state index in [0.29, 0.717) is 31.9 Å². The van der Waals surface area contributed by atoms with E-state index in [1.54, 1.807) is 12.1 Å². The molecule has 2 aromatic rings. The molecule has 0 spiro atoms. The lowest BCUT2D eigenvalue weighted by molar-refractivity contribution is 0.0628. The number of carbonyl (C=O) groups is 1. The Balaban J connectivity index is 1.51. The maximum atomic E-state index is 12.8. The van der Waals surface area contributed by atoms with E-state index in [0.717, 1.165) is 25.4 Å². The van der Waals surface area contributed by atoms with Gasteiger partial charge in [0.1, 0.15) is 5.75 Å². The van der Waals surface area contributed by atoms with E-state index in [-0.39, 0.29) is 17.3 Å². The number of nitrogens with zero attached hydrogens (tertiary/aromatic N) is 2. The number of ether oxygens (including phenoxy) is 2. The number of benzene rings is 2. The summed E-state index contributed by atoms with van der Waals surface area (Å²) in [6.07, 6.45) is 0. The van der Waals surface area contributed by atoms with Crippen LogP contribution in [0.25, 0.3) is 0 Å². The van der Waals surface area contributed by atoms with Crippen LogP contribution < -0.4 is 9.46 Å². The summed E-state index contributed by atoms with van der Waals surface area (Å²) >= 11 is 0. The Morgan fingerprint density at radius 1 is 1.00 bits per heavy atom. The van der Waals surface area contributed by atoms with E-state index >= 15 is 0 Å². The number of hydrogen-bond donors (Lipinski definition) is 1. The minimum absolute atomic E-state index is 0.0815. The topological polar surface area (TPSA) is 88.2 Å². The van der Waals surface area contributed by atoms with Crippen molar-refractivity contribution in [3.63, 3.8) is 0 Å². The van der Waals surface area contributed by atoms with E-state index in [4.69, 9.17) is 9.47 Å². The highest BCUT2D eigenvalue weighted by atomic mass is 32.2. The second-order valence-corrected chi connectivity index (χ2v) is 9.33. The molecule has 0 aromatic heterocycles. The van der Waals surface area contributed by atoms with Gasteiger partial charge in [0.15, 0.2) is 0 Å². The van der Waals surface area contributed by atoms with Gasteiger partial charge in [0.05, 0.1) is 18.1 Å². The molecular weight excluding hydrogens is 430 g/mol. The predicted molar refractivity (Wildman–Crippen MR) is 122 cm³/mol. The Hall–Kier alpha value is -2.46. The number of carbonyl (C=O) groups excluding carboxylic acids is 1. The van der Waals surface area contributed by atoms with Gasteiger partial charge in [-0.05, 0) is 48.9 Å². The monoisotopic (exact) mass is 461 g/mol. The van der Waals surface area contributed by atoms with Crippen LogP contribution in [-0.4, -0.2) is 77.2 Å². The van der Waals surface area contributed by atoms with Crippen molar-refractivity contribution in [1.82, 2.24) is 14.5 Å². The van der Waals surface area contributed by atoms with Crippen LogP contribution in [0.5, 0.6) is 5.75 Å². The van der Waals surface area contributed by atoms with Gasteiger partial charge in [-0.2, -0.15) is 0 Å². The van der Waals surface area contributed by atoms with Crippen molar-refractivity contribution >= 4 is 15.9 Å². The van der Waals surface area contributed by atoms with Crippen LogP contribution in [0.2, 0.25) is 0 Å². The molecule has 8 nitrogen and oxygen atoms in total. The summed E-state index contributed by atoms with van der Waals surface area (Å²) in [6.45, 7) is 6.77. The third kappa shape index (κ3) is 6.52. The maximum absolute atomic E-state index is 12.8. The zero-order valence-corrected chi connectivity index (χ0v) is 19.4. The Kier molecular flexibility index (Phi) is 8.63. The van der Waals surface area contributed by atoms with Crippen LogP contribution in [-0.2, 0) is 21.3 Å². The summed E-state index contributed by atoms with van der Waals surface area (Å²) in [5.74, 6) is 0.790. The Morgan fingerprint density at radius 2 is 1.66 bits per heavy atom. The molecule has 1 aliphatic rings. The largest absolute Gasteiger partial charge is 0.494 e. The number of amides is 1. The molecule has 174 valence electrons. The predicted octanol–water partition coefficient (Wildman–Crippen LogP) is 1.97. The fraction of sp³-hybridized carbons (Fsp3) is 0.435. The third-order valence-electron chi connectivity index (χ3n) is 5.31. The summed E-state index contributed by atoms with van der Waals surface area (Å²) in [5, 5.41) is 0. The maximum Gasteiger partial charge on any atom is 0.253 e. The van der Waals surface area contributed by atoms with E-state index < -0.39 is 10.0 Å². The normalized spacial score (nSPS) is 15.0. The molecule has 0 saturated carbocycles. The second kappa shape index (κ2) is 11.4. The molecule has 1 amide bonds. The fourth-order valence-electron chi connectivity index (χ4n) is 3.55. The van der Waals surface area contributed by atoms with Gasteiger partial charge in [-0.3, -0.25) is 9.69 Å². The molecule has 1 heterocycles. The van der Waals surface area contributed by atoms with Crippen LogP contribution >= 0.6 is 0 Å². The first kappa shape index (κ1) is 24.2. The second-order valence-electron chi connectivity index (χ2n) is 7.56. The SMILES string of the molecule is CCOc1ccc(CN2CCN(C(=O)c3ccc(S(=O)(=O)NCCOC)cc3)CC2)cc1. The molecule has 0 unspecified atom stereocenters. The standard InChI is InChI=1S/C23H31N3O5S/c1-3-31-21-8-4-19(5-9-21)18-25-13-15-26(16-14-25)23(27)20-6-10-22(11-7-20)32(28,29)24-12-17-30-2/h4-11,24H,3,12-18H2,1-2H3. The molecular formula is C23H31N3O5S. The van der Waals surface area contributed by atoms with E-state index in [9.17, 15) is 13.2 Å². The quantitative estimate of drug-likeness (QED) is 0.545. The number of piperazine rings is 1. The average Bonchev–Trinajstić information content (AvgIpc) is 2.81. The highest BCUT2D eigenvalue weighted by molar-refractivity contribution is 7.89. The number of sulfonamides is 1. The van der Waals surface area contributed by atoms with Gasteiger partial charge in [-0.15, -0.1) is 0 Å². The van der Waals surface area contributed by atoms with E-state index in [1.165, 1.54) is 24.8 Å². The highest BCUT2D eigenvalue weighted by Crippen LogP contribution is 2.16. The first-order valence-corrected chi connectivity index (χ1v) is 12.2. The van der Waals surface area contributed by atoms with Crippen molar-refractivity contribution in [2.75, 3.05) is 53.0 Å². The summed E-state index contributed by atoms with van der Waals surface area (Å²) in [4.78, 5) is 17.1. The Labute approximate surface area is 190 Å². The fourth-order valence-corrected chi connectivity index (χ4v) is 4.56. The highest BCUT2D eigenvalue weighted by Gasteiger charge is 2.23. The van der Waals surface area contributed by atoms with Crippen molar-refractivity contribution in [2.45, 2.75) is 18.4 Å². The molecule has 0 bridgehead atoms. The van der Waals surface area contributed by atoms with Crippen molar-refractivity contribution < 1.29 is 22.7 Å². The molecule has 2 aromatic carbocycles.